The molecule has 0 amide bonds. The van der Waals surface area contributed by atoms with E-state index < -0.39 is 18.7 Å². The Morgan fingerprint density at radius 1 is 1.25 bits per heavy atom. The molecule has 2 unspecified atom stereocenters. The minimum atomic E-state index is -0.875. The molecule has 0 aromatic heterocycles. The van der Waals surface area contributed by atoms with Gasteiger partial charge < -0.3 is 34.4 Å². The first kappa shape index (κ1) is 21.1. The number of hydrogen-bond acceptors (Lipinski definition) is 7. The van der Waals surface area contributed by atoms with Crippen LogP contribution in [-0.4, -0.2) is 65.7 Å². The standard InChI is InChI=1S/C17H21NO3.C4H10O3/c1-18-8-7-17-6-5-12(19)9-14(17)21-16-13(20-2)4-3-11(10-18)15(16)17;1-3(5)7-4(2)6/h3-6,12,14,19H,7-10H2,1-2H3;3-6H,1-2H3/t12-,14-,17-;/m0./s1. The van der Waals surface area contributed by atoms with Crippen molar-refractivity contribution in [3.8, 4) is 11.5 Å². The van der Waals surface area contributed by atoms with Crippen molar-refractivity contribution in [2.75, 3.05) is 20.7 Å². The van der Waals surface area contributed by atoms with E-state index in [2.05, 4.69) is 28.8 Å². The summed E-state index contributed by atoms with van der Waals surface area (Å²) in [5, 5.41) is 26.7. The quantitative estimate of drug-likeness (QED) is 0.530. The molecule has 1 spiro atoms. The fraction of sp³-hybridized carbons (Fsp3) is 0.619. The van der Waals surface area contributed by atoms with Gasteiger partial charge in [0.1, 0.15) is 6.10 Å². The Labute approximate surface area is 166 Å². The average Bonchev–Trinajstić information content (AvgIpc) is 2.86. The molecule has 5 atom stereocenters. The Morgan fingerprint density at radius 2 is 1.96 bits per heavy atom. The number of aliphatic hydroxyl groups is 3. The highest BCUT2D eigenvalue weighted by Gasteiger charge is 2.52. The second kappa shape index (κ2) is 8.39. The van der Waals surface area contributed by atoms with Crippen LogP contribution in [0.3, 0.4) is 0 Å². The topological polar surface area (TPSA) is 91.6 Å². The zero-order chi connectivity index (χ0) is 20.5. The summed E-state index contributed by atoms with van der Waals surface area (Å²) in [6.07, 6.45) is 3.63. The zero-order valence-electron chi connectivity index (χ0n) is 17.0. The monoisotopic (exact) mass is 393 g/mol. The molecule has 4 rings (SSSR count). The third kappa shape index (κ3) is 4.04. The fourth-order valence-corrected chi connectivity index (χ4v) is 4.36. The summed E-state index contributed by atoms with van der Waals surface area (Å²) in [7, 11) is 3.84. The summed E-state index contributed by atoms with van der Waals surface area (Å²) in [4.78, 5) is 2.35. The van der Waals surface area contributed by atoms with Gasteiger partial charge >= 0.3 is 0 Å². The first-order valence-corrected chi connectivity index (χ1v) is 9.71. The van der Waals surface area contributed by atoms with Crippen LogP contribution in [0.4, 0.5) is 0 Å². The van der Waals surface area contributed by atoms with Gasteiger partial charge in [-0.1, -0.05) is 18.2 Å². The fourth-order valence-electron chi connectivity index (χ4n) is 4.36. The lowest BCUT2D eigenvalue weighted by Crippen LogP contribution is -2.42. The highest BCUT2D eigenvalue weighted by Crippen LogP contribution is 2.55. The molecule has 2 aliphatic heterocycles. The molecule has 3 aliphatic rings. The molecular weight excluding hydrogens is 362 g/mol. The molecule has 1 aromatic carbocycles. The van der Waals surface area contributed by atoms with Gasteiger partial charge in [-0.15, -0.1) is 0 Å². The molecule has 3 N–H and O–H groups in total. The number of benzene rings is 1. The smallest absolute Gasteiger partial charge is 0.166 e. The van der Waals surface area contributed by atoms with Crippen LogP contribution in [0.5, 0.6) is 11.5 Å². The third-order valence-corrected chi connectivity index (χ3v) is 5.54. The third-order valence-electron chi connectivity index (χ3n) is 5.54. The molecule has 28 heavy (non-hydrogen) atoms. The lowest BCUT2D eigenvalue weighted by molar-refractivity contribution is -0.190. The Morgan fingerprint density at radius 3 is 2.57 bits per heavy atom. The first-order chi connectivity index (χ1) is 13.3. The SMILES string of the molecule is CC(O)OC(C)O.COc1ccc2c3c1O[C@H]1C[C@@H](O)C=C[C@@]31CCN(C)C2. The molecule has 156 valence electrons. The number of hydrogen-bond donors (Lipinski definition) is 3. The van der Waals surface area contributed by atoms with E-state index in [0.717, 1.165) is 31.0 Å². The number of ether oxygens (including phenoxy) is 3. The predicted octanol–water partition coefficient (Wildman–Crippen LogP) is 1.53. The minimum Gasteiger partial charge on any atom is -0.493 e. The molecule has 1 aromatic rings. The van der Waals surface area contributed by atoms with Crippen LogP contribution in [0.1, 0.15) is 37.8 Å². The molecule has 0 fully saturated rings. The second-order valence-corrected chi connectivity index (χ2v) is 7.76. The van der Waals surface area contributed by atoms with E-state index in [1.165, 1.54) is 25.0 Å². The van der Waals surface area contributed by atoms with Crippen LogP contribution in [0.2, 0.25) is 0 Å². The molecule has 0 bridgehead atoms. The van der Waals surface area contributed by atoms with E-state index >= 15 is 0 Å². The van der Waals surface area contributed by atoms with E-state index in [1.54, 1.807) is 7.11 Å². The molecule has 1 aliphatic carbocycles. The Balaban J connectivity index is 0.000000279. The van der Waals surface area contributed by atoms with Crippen molar-refractivity contribution in [1.29, 1.82) is 0 Å². The van der Waals surface area contributed by atoms with E-state index in [0.29, 0.717) is 6.42 Å². The summed E-state index contributed by atoms with van der Waals surface area (Å²) in [5.74, 6) is 1.68. The molecular formula is C21H31NO6. The normalized spacial score (nSPS) is 30.1. The van der Waals surface area contributed by atoms with E-state index in [4.69, 9.17) is 19.7 Å². The summed E-state index contributed by atoms with van der Waals surface area (Å²) in [6.45, 7) is 4.83. The molecule has 7 heteroatoms. The van der Waals surface area contributed by atoms with Crippen LogP contribution in [0.15, 0.2) is 24.3 Å². The van der Waals surface area contributed by atoms with E-state index in [9.17, 15) is 5.11 Å². The summed E-state index contributed by atoms with van der Waals surface area (Å²) in [5.41, 5.74) is 2.48. The maximum Gasteiger partial charge on any atom is 0.166 e. The van der Waals surface area contributed by atoms with Crippen LogP contribution in [-0.2, 0) is 16.7 Å². The molecule has 0 radical (unpaired) electrons. The van der Waals surface area contributed by atoms with Gasteiger partial charge in [-0.25, -0.2) is 0 Å². The van der Waals surface area contributed by atoms with Gasteiger partial charge in [-0.05, 0) is 45.5 Å². The van der Waals surface area contributed by atoms with Gasteiger partial charge in [-0.3, -0.25) is 0 Å². The minimum absolute atomic E-state index is 0.00838. The van der Waals surface area contributed by atoms with Crippen molar-refractivity contribution in [1.82, 2.24) is 4.90 Å². The van der Waals surface area contributed by atoms with Crippen LogP contribution < -0.4 is 9.47 Å². The van der Waals surface area contributed by atoms with Crippen molar-refractivity contribution in [3.05, 3.63) is 35.4 Å². The van der Waals surface area contributed by atoms with Crippen molar-refractivity contribution in [2.45, 2.75) is 63.4 Å². The number of rotatable bonds is 3. The highest BCUT2D eigenvalue weighted by molar-refractivity contribution is 5.60. The van der Waals surface area contributed by atoms with Gasteiger partial charge in [0.25, 0.3) is 0 Å². The van der Waals surface area contributed by atoms with Gasteiger partial charge in [0.2, 0.25) is 0 Å². The van der Waals surface area contributed by atoms with Crippen molar-refractivity contribution in [3.63, 3.8) is 0 Å². The molecule has 2 heterocycles. The van der Waals surface area contributed by atoms with Crippen LogP contribution >= 0.6 is 0 Å². The largest absolute Gasteiger partial charge is 0.493 e. The van der Waals surface area contributed by atoms with E-state index in [1.807, 2.05) is 12.1 Å². The number of methoxy groups -OCH3 is 1. The summed E-state index contributed by atoms with van der Waals surface area (Å²) in [6, 6.07) is 4.16. The summed E-state index contributed by atoms with van der Waals surface area (Å²) < 4.78 is 16.1. The van der Waals surface area contributed by atoms with Gasteiger partial charge in [-0.2, -0.15) is 0 Å². The molecule has 0 saturated carbocycles. The Hall–Kier alpha value is -1.64. The second-order valence-electron chi connectivity index (χ2n) is 7.76. The predicted molar refractivity (Wildman–Crippen MR) is 104 cm³/mol. The molecule has 7 nitrogen and oxygen atoms in total. The van der Waals surface area contributed by atoms with Crippen molar-refractivity contribution >= 4 is 0 Å². The van der Waals surface area contributed by atoms with Crippen molar-refractivity contribution in [2.24, 2.45) is 0 Å². The van der Waals surface area contributed by atoms with Crippen LogP contribution in [0, 0.1) is 0 Å². The summed E-state index contributed by atoms with van der Waals surface area (Å²) >= 11 is 0. The first-order valence-electron chi connectivity index (χ1n) is 9.71. The van der Waals surface area contributed by atoms with Crippen LogP contribution in [0.25, 0.3) is 0 Å². The lowest BCUT2D eigenvalue weighted by atomic mass is 9.69. The Kier molecular flexibility index (Phi) is 6.31. The number of aliphatic hydroxyl groups excluding tert-OH is 3. The Bertz CT molecular complexity index is 713. The van der Waals surface area contributed by atoms with E-state index in [-0.39, 0.29) is 11.5 Å². The van der Waals surface area contributed by atoms with Gasteiger partial charge in [0.05, 0.1) is 18.6 Å². The van der Waals surface area contributed by atoms with Crippen molar-refractivity contribution < 1.29 is 29.5 Å². The number of nitrogens with zero attached hydrogens (tertiary/aromatic N) is 1. The molecule has 0 saturated heterocycles. The maximum absolute atomic E-state index is 9.97. The van der Waals surface area contributed by atoms with Gasteiger partial charge in [0.15, 0.2) is 24.1 Å². The average molecular weight is 393 g/mol. The van der Waals surface area contributed by atoms with Gasteiger partial charge in [0, 0.05) is 18.5 Å². The zero-order valence-corrected chi connectivity index (χ0v) is 17.0. The maximum atomic E-state index is 9.97. The lowest BCUT2D eigenvalue weighted by Gasteiger charge is -2.35. The highest BCUT2D eigenvalue weighted by atomic mass is 16.7.